The van der Waals surface area contributed by atoms with Crippen LogP contribution in [0.1, 0.15) is 25.0 Å². The van der Waals surface area contributed by atoms with Crippen molar-refractivity contribution in [3.63, 3.8) is 0 Å². The first kappa shape index (κ1) is 37.7. The Balaban J connectivity index is 0.950. The second-order valence-corrected chi connectivity index (χ2v) is 18.5. The molecule has 316 valence electrons. The second kappa shape index (κ2) is 14.2. The summed E-state index contributed by atoms with van der Waals surface area (Å²) in [5.74, 6) is 0. The molecule has 1 aliphatic heterocycles. The van der Waals surface area contributed by atoms with Crippen molar-refractivity contribution in [3.8, 4) is 33.6 Å². The Hall–Kier alpha value is -8.60. The lowest BCUT2D eigenvalue weighted by Crippen LogP contribution is -2.30. The fraction of sp³-hybridized carbons (Fsp3) is 0.0476. The van der Waals surface area contributed by atoms with Crippen molar-refractivity contribution in [2.75, 3.05) is 4.90 Å². The van der Waals surface area contributed by atoms with Gasteiger partial charge in [0.2, 0.25) is 0 Å². The normalized spacial score (nSPS) is 13.3. The fourth-order valence-corrected chi connectivity index (χ4v) is 11.2. The highest BCUT2D eigenvalue weighted by molar-refractivity contribution is 6.12. The molecule has 0 radical (unpaired) electrons. The van der Waals surface area contributed by atoms with Crippen LogP contribution in [-0.4, -0.2) is 9.13 Å². The number of rotatable bonds is 5. The summed E-state index contributed by atoms with van der Waals surface area (Å²) in [6, 6.07) is 82.0. The van der Waals surface area contributed by atoms with E-state index in [4.69, 9.17) is 4.42 Å². The first-order chi connectivity index (χ1) is 33.0. The van der Waals surface area contributed by atoms with E-state index < -0.39 is 0 Å². The largest absolute Gasteiger partial charge is 0.456 e. The van der Waals surface area contributed by atoms with Crippen LogP contribution in [-0.2, 0) is 5.41 Å². The standard InChI is InChI=1S/C63H43N3O/c1-63(2)53-37-42(40-25-31-57-51(35-40)47-19-9-12-22-55(47)64(57)44-15-5-3-6-16-44)27-33-59(53)66(46-29-30-50-49-21-11-14-24-61(49)67-62(50)39-46)60-34-28-43(38-54(60)63)41-26-32-58-52(36-41)48-20-10-13-23-56(48)65(58)45-17-7-4-8-18-45/h3-39H,1-2H3. The predicted molar refractivity (Wildman–Crippen MR) is 280 cm³/mol. The molecule has 0 saturated heterocycles. The zero-order valence-corrected chi connectivity index (χ0v) is 37.1. The van der Waals surface area contributed by atoms with Crippen LogP contribution in [0.4, 0.5) is 17.1 Å². The van der Waals surface area contributed by atoms with Crippen molar-refractivity contribution in [3.05, 3.63) is 236 Å². The quantitative estimate of drug-likeness (QED) is 0.172. The number of para-hydroxylation sites is 5. The topological polar surface area (TPSA) is 26.2 Å². The number of anilines is 3. The van der Waals surface area contributed by atoms with Crippen LogP contribution >= 0.6 is 0 Å². The van der Waals surface area contributed by atoms with Crippen molar-refractivity contribution in [1.29, 1.82) is 0 Å². The van der Waals surface area contributed by atoms with E-state index in [0.29, 0.717) is 0 Å². The van der Waals surface area contributed by atoms with Crippen molar-refractivity contribution in [1.82, 2.24) is 9.13 Å². The number of hydrogen-bond acceptors (Lipinski definition) is 2. The van der Waals surface area contributed by atoms with Crippen LogP contribution in [0.2, 0.25) is 0 Å². The van der Waals surface area contributed by atoms with Gasteiger partial charge in [0.05, 0.1) is 33.4 Å². The molecule has 0 spiro atoms. The van der Waals surface area contributed by atoms with Gasteiger partial charge in [-0.3, -0.25) is 0 Å². The molecule has 0 atom stereocenters. The first-order valence-electron chi connectivity index (χ1n) is 23.2. The Bertz CT molecular complexity index is 3920. The van der Waals surface area contributed by atoms with Crippen LogP contribution in [0.25, 0.3) is 99.2 Å². The Morgan fingerprint density at radius 1 is 0.313 bits per heavy atom. The van der Waals surface area contributed by atoms with Gasteiger partial charge in [0, 0.05) is 60.9 Å². The van der Waals surface area contributed by atoms with E-state index in [2.05, 4.69) is 246 Å². The first-order valence-corrected chi connectivity index (χ1v) is 23.2. The smallest absolute Gasteiger partial charge is 0.137 e. The highest BCUT2D eigenvalue weighted by atomic mass is 16.3. The summed E-state index contributed by atoms with van der Waals surface area (Å²) in [4.78, 5) is 2.45. The van der Waals surface area contributed by atoms with Gasteiger partial charge in [-0.05, 0) is 137 Å². The molecule has 0 aliphatic carbocycles. The number of aromatic nitrogens is 2. The average Bonchev–Trinajstić information content (AvgIpc) is 4.04. The van der Waals surface area contributed by atoms with Crippen LogP contribution in [0.15, 0.2) is 229 Å². The van der Waals surface area contributed by atoms with Gasteiger partial charge in [0.1, 0.15) is 11.2 Å². The van der Waals surface area contributed by atoms with Crippen LogP contribution in [0.5, 0.6) is 0 Å². The predicted octanol–water partition coefficient (Wildman–Crippen LogP) is 17.2. The maximum absolute atomic E-state index is 6.52. The zero-order chi connectivity index (χ0) is 44.4. The molecule has 4 heteroatoms. The van der Waals surface area contributed by atoms with Crippen molar-refractivity contribution >= 4 is 82.6 Å². The second-order valence-electron chi connectivity index (χ2n) is 18.5. The molecule has 13 aromatic rings. The third-order valence-electron chi connectivity index (χ3n) is 14.5. The van der Waals surface area contributed by atoms with Crippen molar-refractivity contribution < 1.29 is 4.42 Å². The SMILES string of the molecule is CC1(C)c2cc(-c3ccc4c(c3)c3ccccc3n4-c3ccccc3)ccc2N(c2ccc3c(c2)oc2ccccc23)c2ccc(-c3ccc4c(c3)c3ccccc3n4-c3ccccc3)cc21. The lowest BCUT2D eigenvalue weighted by atomic mass is 9.72. The molecule has 0 amide bonds. The van der Waals surface area contributed by atoms with Gasteiger partial charge in [-0.15, -0.1) is 0 Å². The van der Waals surface area contributed by atoms with E-state index in [1.807, 2.05) is 6.07 Å². The van der Waals surface area contributed by atoms with Crippen LogP contribution in [0, 0.1) is 0 Å². The summed E-state index contributed by atoms with van der Waals surface area (Å²) >= 11 is 0. The number of nitrogens with zero attached hydrogens (tertiary/aromatic N) is 3. The summed E-state index contributed by atoms with van der Waals surface area (Å²) in [6.07, 6.45) is 0. The molecule has 0 N–H and O–H groups in total. The molecule has 4 heterocycles. The van der Waals surface area contributed by atoms with Gasteiger partial charge in [0.25, 0.3) is 0 Å². The molecular weight excluding hydrogens is 815 g/mol. The molecule has 4 nitrogen and oxygen atoms in total. The average molecular weight is 858 g/mol. The molecule has 67 heavy (non-hydrogen) atoms. The molecule has 3 aromatic heterocycles. The third-order valence-corrected chi connectivity index (χ3v) is 14.5. The molecular formula is C63H43N3O. The molecule has 10 aromatic carbocycles. The fourth-order valence-electron chi connectivity index (χ4n) is 11.2. The van der Waals surface area contributed by atoms with Gasteiger partial charge in [0.15, 0.2) is 0 Å². The number of hydrogen-bond donors (Lipinski definition) is 0. The van der Waals surface area contributed by atoms with E-state index in [-0.39, 0.29) is 5.41 Å². The highest BCUT2D eigenvalue weighted by Crippen LogP contribution is 2.54. The van der Waals surface area contributed by atoms with E-state index >= 15 is 0 Å². The van der Waals surface area contributed by atoms with Crippen LogP contribution < -0.4 is 4.90 Å². The van der Waals surface area contributed by atoms with E-state index in [0.717, 1.165) is 39.0 Å². The molecule has 14 rings (SSSR count). The van der Waals surface area contributed by atoms with E-state index in [1.54, 1.807) is 0 Å². The molecule has 0 fully saturated rings. The lowest BCUT2D eigenvalue weighted by molar-refractivity contribution is 0.632. The minimum atomic E-state index is -0.350. The monoisotopic (exact) mass is 857 g/mol. The number of fused-ring (bicyclic) bond motifs is 11. The Morgan fingerprint density at radius 3 is 1.30 bits per heavy atom. The Morgan fingerprint density at radius 2 is 0.746 bits per heavy atom. The maximum Gasteiger partial charge on any atom is 0.137 e. The molecule has 0 bridgehead atoms. The highest BCUT2D eigenvalue weighted by Gasteiger charge is 2.38. The Kier molecular flexibility index (Phi) is 8.00. The summed E-state index contributed by atoms with van der Waals surface area (Å²) in [6.45, 7) is 4.79. The van der Waals surface area contributed by atoms with Gasteiger partial charge >= 0.3 is 0 Å². The maximum atomic E-state index is 6.52. The number of benzene rings is 10. The summed E-state index contributed by atoms with van der Waals surface area (Å²) < 4.78 is 11.3. The lowest BCUT2D eigenvalue weighted by Gasteiger charge is -2.42. The summed E-state index contributed by atoms with van der Waals surface area (Å²) in [5.41, 5.74) is 19.3. The summed E-state index contributed by atoms with van der Waals surface area (Å²) in [5, 5.41) is 7.24. The van der Waals surface area contributed by atoms with Gasteiger partial charge in [-0.25, -0.2) is 0 Å². The van der Waals surface area contributed by atoms with Gasteiger partial charge in [-0.1, -0.05) is 129 Å². The minimum Gasteiger partial charge on any atom is -0.456 e. The third kappa shape index (κ3) is 5.60. The number of furan rings is 1. The van der Waals surface area contributed by atoms with Crippen molar-refractivity contribution in [2.45, 2.75) is 19.3 Å². The van der Waals surface area contributed by atoms with Crippen molar-refractivity contribution in [2.24, 2.45) is 0 Å². The molecule has 0 unspecified atom stereocenters. The van der Waals surface area contributed by atoms with Gasteiger partial charge in [-0.2, -0.15) is 0 Å². The summed E-state index contributed by atoms with van der Waals surface area (Å²) in [7, 11) is 0. The van der Waals surface area contributed by atoms with E-state index in [9.17, 15) is 0 Å². The van der Waals surface area contributed by atoms with Crippen LogP contribution in [0.3, 0.4) is 0 Å². The zero-order valence-electron chi connectivity index (χ0n) is 37.1. The molecule has 0 saturated carbocycles. The van der Waals surface area contributed by atoms with E-state index in [1.165, 1.54) is 88.4 Å². The molecule has 1 aliphatic rings. The minimum absolute atomic E-state index is 0.350. The van der Waals surface area contributed by atoms with Gasteiger partial charge < -0.3 is 18.5 Å². The Labute approximate surface area is 387 Å².